The van der Waals surface area contributed by atoms with E-state index in [0.29, 0.717) is 11.7 Å². The van der Waals surface area contributed by atoms with Crippen LogP contribution in [0.1, 0.15) is 37.2 Å². The van der Waals surface area contributed by atoms with Crippen molar-refractivity contribution in [1.29, 1.82) is 0 Å². The van der Waals surface area contributed by atoms with Gasteiger partial charge in [0.15, 0.2) is 5.65 Å². The van der Waals surface area contributed by atoms with Crippen molar-refractivity contribution in [2.24, 2.45) is 5.73 Å². The zero-order chi connectivity index (χ0) is 17.4. The maximum atomic E-state index is 6.34. The quantitative estimate of drug-likeness (QED) is 0.545. The van der Waals surface area contributed by atoms with E-state index in [1.54, 1.807) is 16.9 Å². The molecule has 0 spiro atoms. The Kier molecular flexibility index (Phi) is 3.93. The van der Waals surface area contributed by atoms with Crippen LogP contribution in [0.4, 0.5) is 22.9 Å². The molecule has 2 heterocycles. The SMILES string of the molecule is Nc1ccc(Nc2c(C3CCC(N)CC3)c(N)nn3ccnc23)cc1. The predicted molar refractivity (Wildman–Crippen MR) is 101 cm³/mol. The van der Waals surface area contributed by atoms with Gasteiger partial charge in [-0.25, -0.2) is 9.50 Å². The van der Waals surface area contributed by atoms with Gasteiger partial charge in [-0.15, -0.1) is 5.10 Å². The minimum absolute atomic E-state index is 0.286. The lowest BCUT2D eigenvalue weighted by molar-refractivity contribution is 0.396. The number of fused-ring (bicyclic) bond motifs is 1. The van der Waals surface area contributed by atoms with E-state index < -0.39 is 0 Å². The van der Waals surface area contributed by atoms with Crippen LogP contribution in [0.5, 0.6) is 0 Å². The molecule has 3 aromatic rings. The Balaban J connectivity index is 1.80. The van der Waals surface area contributed by atoms with Crippen LogP contribution < -0.4 is 22.5 Å². The van der Waals surface area contributed by atoms with Crippen LogP contribution in [-0.4, -0.2) is 20.6 Å². The lowest BCUT2D eigenvalue weighted by Gasteiger charge is -2.28. The Morgan fingerprint density at radius 2 is 1.76 bits per heavy atom. The minimum atomic E-state index is 0.286. The van der Waals surface area contributed by atoms with Gasteiger partial charge in [-0.2, -0.15) is 0 Å². The maximum Gasteiger partial charge on any atom is 0.177 e. The van der Waals surface area contributed by atoms with E-state index in [2.05, 4.69) is 15.4 Å². The molecule has 0 bridgehead atoms. The van der Waals surface area contributed by atoms with Crippen molar-refractivity contribution in [3.05, 3.63) is 42.2 Å². The summed E-state index contributed by atoms with van der Waals surface area (Å²) in [6.45, 7) is 0. The number of rotatable bonds is 3. The second kappa shape index (κ2) is 6.25. The van der Waals surface area contributed by atoms with E-state index in [1.807, 2.05) is 24.3 Å². The van der Waals surface area contributed by atoms with Crippen molar-refractivity contribution >= 4 is 28.5 Å². The van der Waals surface area contributed by atoms with Gasteiger partial charge in [-0.1, -0.05) is 0 Å². The Bertz CT molecular complexity index is 876. The van der Waals surface area contributed by atoms with E-state index in [4.69, 9.17) is 17.2 Å². The Hall–Kier alpha value is -2.80. The highest BCUT2D eigenvalue weighted by Crippen LogP contribution is 2.41. The second-order valence-corrected chi connectivity index (χ2v) is 6.73. The molecule has 0 radical (unpaired) electrons. The lowest BCUT2D eigenvalue weighted by Crippen LogP contribution is -2.26. The number of anilines is 4. The smallest absolute Gasteiger partial charge is 0.177 e. The zero-order valence-corrected chi connectivity index (χ0v) is 14.0. The summed E-state index contributed by atoms with van der Waals surface area (Å²) in [7, 11) is 0. The van der Waals surface area contributed by atoms with Crippen LogP contribution in [-0.2, 0) is 0 Å². The minimum Gasteiger partial charge on any atom is -0.399 e. The van der Waals surface area contributed by atoms with Crippen LogP contribution in [0.2, 0.25) is 0 Å². The van der Waals surface area contributed by atoms with Gasteiger partial charge in [0.05, 0.1) is 5.69 Å². The third-order valence-electron chi connectivity index (χ3n) is 4.97. The number of aromatic nitrogens is 3. The van der Waals surface area contributed by atoms with Crippen molar-refractivity contribution in [2.45, 2.75) is 37.6 Å². The van der Waals surface area contributed by atoms with E-state index in [9.17, 15) is 0 Å². The van der Waals surface area contributed by atoms with Gasteiger partial charge in [-0.05, 0) is 55.9 Å². The molecule has 7 heteroatoms. The summed E-state index contributed by atoms with van der Waals surface area (Å²) in [5, 5.41) is 7.97. The number of hydrogen-bond donors (Lipinski definition) is 4. The molecule has 1 aliphatic rings. The van der Waals surface area contributed by atoms with Gasteiger partial charge >= 0.3 is 0 Å². The third kappa shape index (κ3) is 2.98. The van der Waals surface area contributed by atoms with Crippen LogP contribution in [0.3, 0.4) is 0 Å². The van der Waals surface area contributed by atoms with Gasteiger partial charge in [0.1, 0.15) is 5.82 Å². The van der Waals surface area contributed by atoms with Gasteiger partial charge < -0.3 is 22.5 Å². The molecule has 2 aromatic heterocycles. The van der Waals surface area contributed by atoms with Gasteiger partial charge in [0.2, 0.25) is 0 Å². The predicted octanol–water partition coefficient (Wildman–Crippen LogP) is 2.62. The standard InChI is InChI=1S/C18H23N7/c19-12-3-1-11(2-4-12)15-16(23-14-7-5-13(20)6-8-14)18-22-9-10-25(18)24-17(15)21/h5-12,23H,1-4,19-20H2,(H2,21,24). The topological polar surface area (TPSA) is 120 Å². The van der Waals surface area contributed by atoms with Gasteiger partial charge in [0.25, 0.3) is 0 Å². The largest absolute Gasteiger partial charge is 0.399 e. The molecule has 1 saturated carbocycles. The first kappa shape index (κ1) is 15.7. The van der Waals surface area contributed by atoms with E-state index in [0.717, 1.165) is 54.0 Å². The van der Waals surface area contributed by atoms with E-state index in [-0.39, 0.29) is 6.04 Å². The number of hydrogen-bond acceptors (Lipinski definition) is 6. The molecule has 25 heavy (non-hydrogen) atoms. The molecule has 4 rings (SSSR count). The highest BCUT2D eigenvalue weighted by Gasteiger charge is 2.27. The molecule has 1 aliphatic carbocycles. The average Bonchev–Trinajstić information content (AvgIpc) is 3.06. The number of nitrogen functional groups attached to an aromatic ring is 2. The van der Waals surface area contributed by atoms with E-state index in [1.165, 1.54) is 0 Å². The fourth-order valence-corrected chi connectivity index (χ4v) is 3.63. The fourth-order valence-electron chi connectivity index (χ4n) is 3.63. The molecule has 130 valence electrons. The molecule has 7 N–H and O–H groups in total. The van der Waals surface area contributed by atoms with Crippen molar-refractivity contribution in [3.8, 4) is 0 Å². The normalized spacial score (nSPS) is 20.7. The average molecular weight is 337 g/mol. The van der Waals surface area contributed by atoms with Crippen LogP contribution >= 0.6 is 0 Å². The van der Waals surface area contributed by atoms with Crippen LogP contribution in [0.15, 0.2) is 36.7 Å². The molecule has 0 unspecified atom stereocenters. The summed E-state index contributed by atoms with van der Waals surface area (Å²) in [4.78, 5) is 4.48. The van der Waals surface area contributed by atoms with Crippen molar-refractivity contribution in [2.75, 3.05) is 16.8 Å². The summed E-state index contributed by atoms with van der Waals surface area (Å²) in [5.74, 6) is 0.884. The highest BCUT2D eigenvalue weighted by atomic mass is 15.3. The summed E-state index contributed by atoms with van der Waals surface area (Å²) in [5.41, 5.74) is 22.6. The van der Waals surface area contributed by atoms with E-state index >= 15 is 0 Å². The summed E-state index contributed by atoms with van der Waals surface area (Å²) in [6.07, 6.45) is 7.58. The molecule has 0 amide bonds. The number of nitrogens with zero attached hydrogens (tertiary/aromatic N) is 3. The third-order valence-corrected chi connectivity index (χ3v) is 4.97. The number of imidazole rings is 1. The molecule has 0 aliphatic heterocycles. The fraction of sp³-hybridized carbons (Fsp3) is 0.333. The number of nitrogens with two attached hydrogens (primary N) is 3. The molecule has 0 atom stereocenters. The first-order chi connectivity index (χ1) is 12.1. The van der Waals surface area contributed by atoms with Crippen molar-refractivity contribution in [1.82, 2.24) is 14.6 Å². The molecular weight excluding hydrogens is 314 g/mol. The van der Waals surface area contributed by atoms with Gasteiger partial charge in [-0.3, -0.25) is 0 Å². The Labute approximate surface area is 146 Å². The zero-order valence-electron chi connectivity index (χ0n) is 14.0. The second-order valence-electron chi connectivity index (χ2n) is 6.73. The number of benzene rings is 1. The molecule has 1 aromatic carbocycles. The maximum absolute atomic E-state index is 6.34. The summed E-state index contributed by atoms with van der Waals surface area (Å²) in [6, 6.07) is 7.93. The summed E-state index contributed by atoms with van der Waals surface area (Å²) >= 11 is 0. The Morgan fingerprint density at radius 3 is 2.48 bits per heavy atom. The lowest BCUT2D eigenvalue weighted by atomic mass is 9.81. The molecule has 7 nitrogen and oxygen atoms in total. The van der Waals surface area contributed by atoms with Crippen LogP contribution in [0.25, 0.3) is 5.65 Å². The molecule has 1 fully saturated rings. The monoisotopic (exact) mass is 337 g/mol. The molecular formula is C18H23N7. The first-order valence-electron chi connectivity index (χ1n) is 8.62. The first-order valence-corrected chi connectivity index (χ1v) is 8.62. The summed E-state index contributed by atoms with van der Waals surface area (Å²) < 4.78 is 1.72. The van der Waals surface area contributed by atoms with Gasteiger partial charge in [0, 0.05) is 35.4 Å². The molecule has 0 saturated heterocycles. The van der Waals surface area contributed by atoms with Crippen molar-refractivity contribution in [3.63, 3.8) is 0 Å². The Morgan fingerprint density at radius 1 is 1.04 bits per heavy atom. The van der Waals surface area contributed by atoms with Crippen LogP contribution in [0, 0.1) is 0 Å². The van der Waals surface area contributed by atoms with Crippen molar-refractivity contribution < 1.29 is 0 Å². The number of nitrogens with one attached hydrogen (secondary N) is 1. The highest BCUT2D eigenvalue weighted by molar-refractivity contribution is 5.81.